The molecule has 2 aliphatic carbocycles. The topological polar surface area (TPSA) is 59.7 Å². The van der Waals surface area contributed by atoms with Crippen LogP contribution in [-0.2, 0) is 16.0 Å². The Morgan fingerprint density at radius 3 is 2.79 bits per heavy atom. The highest BCUT2D eigenvalue weighted by Crippen LogP contribution is 2.59. The number of fused-ring (bicyclic) bond motifs is 2. The summed E-state index contributed by atoms with van der Waals surface area (Å²) in [5, 5.41) is 11.2. The summed E-state index contributed by atoms with van der Waals surface area (Å²) >= 11 is 0. The summed E-state index contributed by atoms with van der Waals surface area (Å²) in [4.78, 5) is 12.4. The van der Waals surface area contributed by atoms with E-state index in [1.807, 2.05) is 34.6 Å². The van der Waals surface area contributed by atoms with E-state index in [2.05, 4.69) is 6.08 Å². The Hall–Kier alpha value is -1.81. The van der Waals surface area contributed by atoms with Crippen molar-refractivity contribution in [3.63, 3.8) is 0 Å². The smallest absolute Gasteiger partial charge is 0.331 e. The third-order valence-corrected chi connectivity index (χ3v) is 5.69. The van der Waals surface area contributed by atoms with Gasteiger partial charge in [0.2, 0.25) is 0 Å². The quantitative estimate of drug-likeness (QED) is 0.502. The van der Waals surface area contributed by atoms with E-state index in [1.165, 1.54) is 6.08 Å². The summed E-state index contributed by atoms with van der Waals surface area (Å²) in [7, 11) is 0. The molecule has 0 aliphatic heterocycles. The van der Waals surface area contributed by atoms with Gasteiger partial charge in [0.25, 0.3) is 0 Å². The van der Waals surface area contributed by atoms with E-state index in [0.717, 1.165) is 34.5 Å². The standard InChI is InChI=1S/C20H26O4/c1-12(2)9-16(21)24-18-17-13(3)11-23-15(17)10-14-7-6-8-19(4,22)20(14,18)5/h7,9,11,18,22H,6,8,10H2,1-5H3/t18-,19-,20-/m1/s1. The summed E-state index contributed by atoms with van der Waals surface area (Å²) < 4.78 is 11.6. The van der Waals surface area contributed by atoms with Gasteiger partial charge in [0.15, 0.2) is 0 Å². The van der Waals surface area contributed by atoms with Crippen LogP contribution in [0.15, 0.2) is 34.0 Å². The second-order valence-corrected chi connectivity index (χ2v) is 7.72. The second-order valence-electron chi connectivity index (χ2n) is 7.72. The Labute approximate surface area is 143 Å². The van der Waals surface area contributed by atoms with Crippen LogP contribution in [0.4, 0.5) is 0 Å². The van der Waals surface area contributed by atoms with Crippen LogP contribution in [0, 0.1) is 12.3 Å². The zero-order valence-corrected chi connectivity index (χ0v) is 15.1. The van der Waals surface area contributed by atoms with Crippen molar-refractivity contribution in [3.8, 4) is 0 Å². The first kappa shape index (κ1) is 17.0. The molecule has 2 aliphatic rings. The van der Waals surface area contributed by atoms with Crippen molar-refractivity contribution in [1.29, 1.82) is 0 Å². The fraction of sp³-hybridized carbons (Fsp3) is 0.550. The van der Waals surface area contributed by atoms with Crippen molar-refractivity contribution in [2.24, 2.45) is 5.41 Å². The predicted molar refractivity (Wildman–Crippen MR) is 91.5 cm³/mol. The Kier molecular flexibility index (Phi) is 3.99. The summed E-state index contributed by atoms with van der Waals surface area (Å²) in [6.07, 6.45) is 6.95. The van der Waals surface area contributed by atoms with Gasteiger partial charge in [-0.05, 0) is 53.0 Å². The number of esters is 1. The number of allylic oxidation sites excluding steroid dienone is 2. The first-order chi connectivity index (χ1) is 11.2. The minimum Gasteiger partial charge on any atom is -0.468 e. The number of aryl methyl sites for hydroxylation is 1. The molecule has 0 bridgehead atoms. The summed E-state index contributed by atoms with van der Waals surface area (Å²) in [6.45, 7) is 9.54. The number of furan rings is 1. The van der Waals surface area contributed by atoms with E-state index >= 15 is 0 Å². The number of carbonyl (C=O) groups is 1. The lowest BCUT2D eigenvalue weighted by atomic mass is 9.56. The SMILES string of the molecule is CC(C)=CC(=O)O[C@@H]1c2c(C)coc2CC2=CCC[C@@](C)(O)[C@]21C. The molecule has 0 saturated heterocycles. The van der Waals surface area contributed by atoms with Gasteiger partial charge in [-0.2, -0.15) is 0 Å². The van der Waals surface area contributed by atoms with Crippen LogP contribution in [-0.4, -0.2) is 16.7 Å². The number of carbonyl (C=O) groups excluding carboxylic acids is 1. The molecule has 1 aromatic heterocycles. The molecule has 1 heterocycles. The molecule has 3 rings (SSSR count). The van der Waals surface area contributed by atoms with Crippen LogP contribution in [0.1, 0.15) is 63.5 Å². The minimum atomic E-state index is -0.950. The number of hydrogen-bond donors (Lipinski definition) is 1. The van der Waals surface area contributed by atoms with E-state index in [1.54, 1.807) is 6.26 Å². The van der Waals surface area contributed by atoms with E-state index < -0.39 is 17.1 Å². The van der Waals surface area contributed by atoms with Crippen LogP contribution in [0.2, 0.25) is 0 Å². The molecule has 1 aromatic rings. The van der Waals surface area contributed by atoms with Gasteiger partial charge in [0.05, 0.1) is 17.3 Å². The van der Waals surface area contributed by atoms with Crippen molar-refractivity contribution < 1.29 is 19.1 Å². The van der Waals surface area contributed by atoms with Gasteiger partial charge < -0.3 is 14.3 Å². The second kappa shape index (κ2) is 5.62. The Bertz CT molecular complexity index is 731. The first-order valence-corrected chi connectivity index (χ1v) is 8.51. The predicted octanol–water partition coefficient (Wildman–Crippen LogP) is 4.17. The van der Waals surface area contributed by atoms with Gasteiger partial charge in [-0.1, -0.05) is 17.2 Å². The molecule has 0 unspecified atom stereocenters. The van der Waals surface area contributed by atoms with Crippen molar-refractivity contribution >= 4 is 5.97 Å². The average Bonchev–Trinajstić information content (AvgIpc) is 2.81. The Morgan fingerprint density at radius 1 is 1.42 bits per heavy atom. The highest BCUT2D eigenvalue weighted by molar-refractivity contribution is 5.83. The van der Waals surface area contributed by atoms with E-state index in [9.17, 15) is 9.90 Å². The van der Waals surface area contributed by atoms with E-state index in [4.69, 9.17) is 9.15 Å². The van der Waals surface area contributed by atoms with E-state index in [-0.39, 0.29) is 5.97 Å². The van der Waals surface area contributed by atoms with Gasteiger partial charge >= 0.3 is 5.97 Å². The molecule has 0 amide bonds. The minimum absolute atomic E-state index is 0.379. The van der Waals surface area contributed by atoms with Crippen LogP contribution in [0.25, 0.3) is 0 Å². The van der Waals surface area contributed by atoms with Gasteiger partial charge in [-0.15, -0.1) is 0 Å². The molecule has 1 N–H and O–H groups in total. The number of rotatable bonds is 2. The maximum Gasteiger partial charge on any atom is 0.331 e. The lowest BCUT2D eigenvalue weighted by Crippen LogP contribution is -2.53. The largest absolute Gasteiger partial charge is 0.468 e. The molecule has 3 atom stereocenters. The third kappa shape index (κ3) is 2.44. The number of ether oxygens (including phenoxy) is 1. The number of aliphatic hydroxyl groups is 1. The molecule has 0 aromatic carbocycles. The number of hydrogen-bond acceptors (Lipinski definition) is 4. The normalized spacial score (nSPS) is 31.6. The fourth-order valence-corrected chi connectivity index (χ4v) is 4.07. The van der Waals surface area contributed by atoms with Crippen molar-refractivity contribution in [2.45, 2.75) is 65.6 Å². The fourth-order valence-electron chi connectivity index (χ4n) is 4.07. The molecular formula is C20H26O4. The molecule has 4 nitrogen and oxygen atoms in total. The lowest BCUT2D eigenvalue weighted by molar-refractivity contribution is -0.167. The maximum absolute atomic E-state index is 12.4. The summed E-state index contributed by atoms with van der Waals surface area (Å²) in [5.41, 5.74) is 2.24. The molecule has 130 valence electrons. The van der Waals surface area contributed by atoms with Crippen molar-refractivity contribution in [1.82, 2.24) is 0 Å². The van der Waals surface area contributed by atoms with Gasteiger partial charge in [0.1, 0.15) is 11.9 Å². The molecule has 24 heavy (non-hydrogen) atoms. The Morgan fingerprint density at radius 2 is 2.12 bits per heavy atom. The Balaban J connectivity index is 2.14. The lowest BCUT2D eigenvalue weighted by Gasteiger charge is -2.52. The van der Waals surface area contributed by atoms with Crippen LogP contribution >= 0.6 is 0 Å². The van der Waals surface area contributed by atoms with Crippen LogP contribution in [0.5, 0.6) is 0 Å². The van der Waals surface area contributed by atoms with Gasteiger partial charge in [-0.3, -0.25) is 0 Å². The van der Waals surface area contributed by atoms with Gasteiger partial charge in [-0.25, -0.2) is 4.79 Å². The average molecular weight is 330 g/mol. The van der Waals surface area contributed by atoms with E-state index in [0.29, 0.717) is 12.8 Å². The van der Waals surface area contributed by atoms with Crippen molar-refractivity contribution in [3.05, 3.63) is 46.4 Å². The maximum atomic E-state index is 12.4. The summed E-state index contributed by atoms with van der Waals surface area (Å²) in [5.74, 6) is 0.458. The third-order valence-electron chi connectivity index (χ3n) is 5.69. The van der Waals surface area contributed by atoms with Crippen LogP contribution in [0.3, 0.4) is 0 Å². The zero-order valence-electron chi connectivity index (χ0n) is 15.1. The molecule has 4 heteroatoms. The molecule has 0 radical (unpaired) electrons. The zero-order chi connectivity index (χ0) is 17.7. The molecule has 0 spiro atoms. The van der Waals surface area contributed by atoms with Crippen LogP contribution < -0.4 is 0 Å². The summed E-state index contributed by atoms with van der Waals surface area (Å²) in [6, 6.07) is 0. The molecule has 0 fully saturated rings. The monoisotopic (exact) mass is 330 g/mol. The first-order valence-electron chi connectivity index (χ1n) is 8.51. The highest BCUT2D eigenvalue weighted by atomic mass is 16.5. The molecular weight excluding hydrogens is 304 g/mol. The van der Waals surface area contributed by atoms with Gasteiger partial charge in [0, 0.05) is 18.1 Å². The molecule has 0 saturated carbocycles. The van der Waals surface area contributed by atoms with Crippen molar-refractivity contribution in [2.75, 3.05) is 0 Å². The highest BCUT2D eigenvalue weighted by Gasteiger charge is 2.58.